The van der Waals surface area contributed by atoms with Crippen molar-refractivity contribution in [2.45, 2.75) is 0 Å². The van der Waals surface area contributed by atoms with Gasteiger partial charge < -0.3 is 19.6 Å². The number of nitrogens with one attached hydrogen (secondary N) is 1. The molecule has 0 fully saturated rings. The zero-order valence-corrected chi connectivity index (χ0v) is 13.2. The molecule has 0 aliphatic carbocycles. The van der Waals surface area contributed by atoms with Crippen molar-refractivity contribution in [2.24, 2.45) is 0 Å². The van der Waals surface area contributed by atoms with Gasteiger partial charge in [0.05, 0.1) is 12.2 Å². The average Bonchev–Trinajstić information content (AvgIpc) is 3.23. The number of hydrogen-bond acceptors (Lipinski definition) is 5. The maximum absolute atomic E-state index is 12.0. The van der Waals surface area contributed by atoms with E-state index in [2.05, 4.69) is 5.32 Å². The standard InChI is InChI=1S/C18H13NO4S/c20-15(9-8-13-7-4-10-23-13)19-17-16(18(21)22)14(11-24-17)12-5-2-1-3-6-12/h1-11H,(H,19,20)(H,21,22)/p-1/b9-8+. The predicted octanol–water partition coefficient (Wildman–Crippen LogP) is 3.02. The number of carboxylic acid groups (broad SMARTS) is 1. The number of rotatable bonds is 5. The van der Waals surface area contributed by atoms with E-state index >= 15 is 0 Å². The van der Waals surface area contributed by atoms with Gasteiger partial charge in [-0.15, -0.1) is 11.3 Å². The minimum absolute atomic E-state index is 0.0223. The van der Waals surface area contributed by atoms with Crippen molar-refractivity contribution >= 4 is 34.3 Å². The molecule has 0 bridgehead atoms. The van der Waals surface area contributed by atoms with Gasteiger partial charge in [0.2, 0.25) is 5.91 Å². The summed E-state index contributed by atoms with van der Waals surface area (Å²) in [6.45, 7) is 0. The summed E-state index contributed by atoms with van der Waals surface area (Å²) in [6, 6.07) is 12.5. The Hall–Kier alpha value is -3.12. The molecule has 0 spiro atoms. The number of carbonyl (C=O) groups is 2. The van der Waals surface area contributed by atoms with Crippen LogP contribution >= 0.6 is 11.3 Å². The number of thiophene rings is 1. The van der Waals surface area contributed by atoms with Gasteiger partial charge in [-0.1, -0.05) is 30.3 Å². The number of amides is 1. The van der Waals surface area contributed by atoms with E-state index in [0.717, 1.165) is 16.9 Å². The van der Waals surface area contributed by atoms with Crippen molar-refractivity contribution in [1.82, 2.24) is 0 Å². The molecule has 0 saturated heterocycles. The fourth-order valence-electron chi connectivity index (χ4n) is 2.18. The van der Waals surface area contributed by atoms with Crippen LogP contribution in [0, 0.1) is 0 Å². The first-order valence-electron chi connectivity index (χ1n) is 7.06. The van der Waals surface area contributed by atoms with Gasteiger partial charge in [-0.2, -0.15) is 0 Å². The fraction of sp³-hybridized carbons (Fsp3) is 0. The maximum atomic E-state index is 12.0. The zero-order valence-electron chi connectivity index (χ0n) is 12.4. The Morgan fingerprint density at radius 3 is 2.58 bits per heavy atom. The highest BCUT2D eigenvalue weighted by Gasteiger charge is 2.15. The van der Waals surface area contributed by atoms with Gasteiger partial charge in [0.25, 0.3) is 0 Å². The van der Waals surface area contributed by atoms with Crippen LogP contribution in [0.5, 0.6) is 0 Å². The van der Waals surface area contributed by atoms with Gasteiger partial charge in [-0.3, -0.25) is 4.79 Å². The number of hydrogen-bond donors (Lipinski definition) is 1. The van der Waals surface area contributed by atoms with Crippen LogP contribution < -0.4 is 10.4 Å². The van der Waals surface area contributed by atoms with Crippen molar-refractivity contribution < 1.29 is 19.1 Å². The maximum Gasteiger partial charge on any atom is 0.249 e. The summed E-state index contributed by atoms with van der Waals surface area (Å²) in [5.41, 5.74) is 1.25. The highest BCUT2D eigenvalue weighted by molar-refractivity contribution is 7.15. The molecule has 3 rings (SSSR count). The van der Waals surface area contributed by atoms with Crippen LogP contribution in [-0.4, -0.2) is 11.9 Å². The van der Waals surface area contributed by atoms with E-state index < -0.39 is 11.9 Å². The third-order valence-electron chi connectivity index (χ3n) is 3.26. The molecule has 0 saturated carbocycles. The summed E-state index contributed by atoms with van der Waals surface area (Å²) in [5, 5.41) is 16.0. The van der Waals surface area contributed by atoms with Crippen molar-refractivity contribution in [3.05, 3.63) is 71.5 Å². The highest BCUT2D eigenvalue weighted by Crippen LogP contribution is 2.35. The molecule has 0 unspecified atom stereocenters. The minimum atomic E-state index is -1.33. The number of anilines is 1. The van der Waals surface area contributed by atoms with Crippen molar-refractivity contribution in [1.29, 1.82) is 0 Å². The summed E-state index contributed by atoms with van der Waals surface area (Å²) in [6.07, 6.45) is 4.27. The van der Waals surface area contributed by atoms with Crippen molar-refractivity contribution in [3.63, 3.8) is 0 Å². The Morgan fingerprint density at radius 2 is 1.92 bits per heavy atom. The minimum Gasteiger partial charge on any atom is -0.545 e. The van der Waals surface area contributed by atoms with Gasteiger partial charge in [-0.05, 0) is 23.8 Å². The van der Waals surface area contributed by atoms with E-state index in [1.54, 1.807) is 29.6 Å². The lowest BCUT2D eigenvalue weighted by molar-refractivity contribution is -0.254. The van der Waals surface area contributed by atoms with Gasteiger partial charge >= 0.3 is 0 Å². The molecule has 3 aromatic rings. The van der Waals surface area contributed by atoms with Gasteiger partial charge in [0, 0.05) is 22.6 Å². The van der Waals surface area contributed by atoms with Gasteiger partial charge in [0.15, 0.2) is 0 Å². The molecule has 1 aromatic carbocycles. The van der Waals surface area contributed by atoms with E-state index in [0.29, 0.717) is 11.3 Å². The first-order valence-corrected chi connectivity index (χ1v) is 7.94. The van der Waals surface area contributed by atoms with Crippen molar-refractivity contribution in [3.8, 4) is 11.1 Å². The monoisotopic (exact) mass is 338 g/mol. The fourth-order valence-corrected chi connectivity index (χ4v) is 3.14. The molecule has 1 amide bonds. The molecule has 0 radical (unpaired) electrons. The molecule has 120 valence electrons. The number of carboxylic acids is 1. The van der Waals surface area contributed by atoms with Crippen LogP contribution in [0.1, 0.15) is 16.1 Å². The Morgan fingerprint density at radius 1 is 1.12 bits per heavy atom. The zero-order chi connectivity index (χ0) is 16.9. The van der Waals surface area contributed by atoms with Crippen LogP contribution in [0.25, 0.3) is 17.2 Å². The number of carbonyl (C=O) groups excluding carboxylic acids is 2. The molecule has 2 aromatic heterocycles. The Labute approximate surface area is 141 Å². The molecule has 0 aliphatic heterocycles. The Bertz CT molecular complexity index is 879. The summed E-state index contributed by atoms with van der Waals surface area (Å²) in [5.74, 6) is -1.25. The molecule has 6 heteroatoms. The average molecular weight is 338 g/mol. The lowest BCUT2D eigenvalue weighted by Crippen LogP contribution is -2.24. The van der Waals surface area contributed by atoms with Crippen LogP contribution in [0.4, 0.5) is 5.00 Å². The van der Waals surface area contributed by atoms with E-state index in [9.17, 15) is 14.7 Å². The molecule has 1 N–H and O–H groups in total. The molecular formula is C18H12NO4S-. The van der Waals surface area contributed by atoms with E-state index in [1.807, 2.05) is 18.2 Å². The molecule has 2 heterocycles. The molecular weight excluding hydrogens is 326 g/mol. The number of furan rings is 1. The smallest absolute Gasteiger partial charge is 0.249 e. The van der Waals surface area contributed by atoms with Crippen LogP contribution in [-0.2, 0) is 4.79 Å². The lowest BCUT2D eigenvalue weighted by Gasteiger charge is -2.09. The van der Waals surface area contributed by atoms with Crippen molar-refractivity contribution in [2.75, 3.05) is 5.32 Å². The van der Waals surface area contributed by atoms with Crippen LogP contribution in [0.2, 0.25) is 0 Å². The molecule has 0 aliphatic rings. The summed E-state index contributed by atoms with van der Waals surface area (Å²) in [7, 11) is 0. The van der Waals surface area contributed by atoms with Crippen LogP contribution in [0.15, 0.2) is 64.6 Å². The second-order valence-electron chi connectivity index (χ2n) is 4.84. The Balaban J connectivity index is 1.85. The first kappa shape index (κ1) is 15.8. The summed E-state index contributed by atoms with van der Waals surface area (Å²) in [4.78, 5) is 23.5. The van der Waals surface area contributed by atoms with E-state index in [4.69, 9.17) is 4.42 Å². The predicted molar refractivity (Wildman–Crippen MR) is 90.5 cm³/mol. The normalized spacial score (nSPS) is 10.8. The summed E-state index contributed by atoms with van der Waals surface area (Å²) >= 11 is 1.14. The van der Waals surface area contributed by atoms with E-state index in [-0.39, 0.29) is 10.6 Å². The topological polar surface area (TPSA) is 82.4 Å². The van der Waals surface area contributed by atoms with Gasteiger partial charge in [-0.25, -0.2) is 0 Å². The molecule has 24 heavy (non-hydrogen) atoms. The second kappa shape index (κ2) is 6.97. The SMILES string of the molecule is O=C(/C=C/c1ccco1)Nc1scc(-c2ccccc2)c1C(=O)[O-]. The van der Waals surface area contributed by atoms with Gasteiger partial charge in [0.1, 0.15) is 10.8 Å². The second-order valence-corrected chi connectivity index (χ2v) is 5.72. The summed E-state index contributed by atoms with van der Waals surface area (Å²) < 4.78 is 5.09. The molecule has 0 atom stereocenters. The largest absolute Gasteiger partial charge is 0.545 e. The first-order chi connectivity index (χ1) is 11.6. The quantitative estimate of drug-likeness (QED) is 0.725. The number of benzene rings is 1. The number of aromatic carboxylic acids is 1. The third kappa shape index (κ3) is 3.44. The Kier molecular flexibility index (Phi) is 4.58. The molecule has 5 nitrogen and oxygen atoms in total. The lowest BCUT2D eigenvalue weighted by atomic mass is 10.0. The van der Waals surface area contributed by atoms with Crippen LogP contribution in [0.3, 0.4) is 0 Å². The third-order valence-corrected chi connectivity index (χ3v) is 4.15. The van der Waals surface area contributed by atoms with E-state index in [1.165, 1.54) is 18.4 Å². The highest BCUT2D eigenvalue weighted by atomic mass is 32.1.